The van der Waals surface area contributed by atoms with Crippen LogP contribution in [0.3, 0.4) is 0 Å². The number of morpholine rings is 1. The predicted octanol–water partition coefficient (Wildman–Crippen LogP) is 1.27. The minimum atomic E-state index is -0.337. The summed E-state index contributed by atoms with van der Waals surface area (Å²) in [6, 6.07) is 8.43. The van der Waals surface area contributed by atoms with Gasteiger partial charge in [-0.1, -0.05) is 25.0 Å². The zero-order valence-corrected chi connectivity index (χ0v) is 17.1. The first-order valence-corrected chi connectivity index (χ1v) is 10.9. The molecule has 2 amide bonds. The molecule has 0 aromatic heterocycles. The van der Waals surface area contributed by atoms with E-state index in [0.717, 1.165) is 51.3 Å². The standard InChI is InChI=1S/C22H32N4O3/c27-21(15-20-22(28)23-9-10-26(20)19-3-1-2-4-19)24-16-17-5-7-18(8-6-17)25-11-13-29-14-12-25/h5-8,19-20H,1-4,9-16H2,(H,23,28)(H,24,27). The van der Waals surface area contributed by atoms with Crippen molar-refractivity contribution in [1.82, 2.24) is 15.5 Å². The number of benzene rings is 1. The Morgan fingerprint density at radius 3 is 2.55 bits per heavy atom. The molecule has 7 heteroatoms. The minimum absolute atomic E-state index is 0.00633. The number of anilines is 1. The molecule has 7 nitrogen and oxygen atoms in total. The number of piperazine rings is 1. The van der Waals surface area contributed by atoms with Gasteiger partial charge in [-0.3, -0.25) is 14.5 Å². The fourth-order valence-corrected chi connectivity index (χ4v) is 4.71. The maximum Gasteiger partial charge on any atom is 0.237 e. The maximum absolute atomic E-state index is 12.6. The van der Waals surface area contributed by atoms with E-state index < -0.39 is 0 Å². The number of nitrogens with one attached hydrogen (secondary N) is 2. The first kappa shape index (κ1) is 20.2. The lowest BCUT2D eigenvalue weighted by atomic mass is 10.0. The molecule has 1 aromatic rings. The van der Waals surface area contributed by atoms with Crippen LogP contribution in [0.1, 0.15) is 37.7 Å². The Bertz CT molecular complexity index is 697. The summed E-state index contributed by atoms with van der Waals surface area (Å²) >= 11 is 0. The number of carbonyl (C=O) groups excluding carboxylic acids is 2. The maximum atomic E-state index is 12.6. The molecule has 0 radical (unpaired) electrons. The summed E-state index contributed by atoms with van der Waals surface area (Å²) in [6.07, 6.45) is 4.96. The zero-order chi connectivity index (χ0) is 20.1. The van der Waals surface area contributed by atoms with E-state index in [0.29, 0.717) is 19.1 Å². The molecule has 1 aliphatic carbocycles. The van der Waals surface area contributed by atoms with Crippen molar-refractivity contribution >= 4 is 17.5 Å². The monoisotopic (exact) mass is 400 g/mol. The lowest BCUT2D eigenvalue weighted by molar-refractivity contribution is -0.135. The van der Waals surface area contributed by atoms with E-state index in [9.17, 15) is 9.59 Å². The highest BCUT2D eigenvalue weighted by Gasteiger charge is 2.36. The molecule has 1 saturated carbocycles. The highest BCUT2D eigenvalue weighted by molar-refractivity contribution is 5.88. The summed E-state index contributed by atoms with van der Waals surface area (Å²) < 4.78 is 5.40. The summed E-state index contributed by atoms with van der Waals surface area (Å²) in [7, 11) is 0. The van der Waals surface area contributed by atoms with Crippen molar-refractivity contribution in [2.24, 2.45) is 0 Å². The van der Waals surface area contributed by atoms with Crippen LogP contribution in [0.4, 0.5) is 5.69 Å². The van der Waals surface area contributed by atoms with Crippen LogP contribution in [-0.4, -0.2) is 68.2 Å². The molecule has 2 N–H and O–H groups in total. The van der Waals surface area contributed by atoms with Gasteiger partial charge < -0.3 is 20.3 Å². The summed E-state index contributed by atoms with van der Waals surface area (Å²) in [5.41, 5.74) is 2.26. The molecule has 3 aliphatic rings. The molecule has 1 unspecified atom stereocenters. The highest BCUT2D eigenvalue weighted by atomic mass is 16.5. The van der Waals surface area contributed by atoms with E-state index in [1.54, 1.807) is 0 Å². The van der Waals surface area contributed by atoms with Gasteiger partial charge in [-0.15, -0.1) is 0 Å². The number of hydrogen-bond acceptors (Lipinski definition) is 5. The Morgan fingerprint density at radius 2 is 1.83 bits per heavy atom. The molecule has 0 spiro atoms. The lowest BCUT2D eigenvalue weighted by Gasteiger charge is -2.38. The van der Waals surface area contributed by atoms with Crippen LogP contribution in [0.2, 0.25) is 0 Å². The molecule has 1 atom stereocenters. The predicted molar refractivity (Wildman–Crippen MR) is 112 cm³/mol. The van der Waals surface area contributed by atoms with Gasteiger partial charge in [0.1, 0.15) is 0 Å². The fraction of sp³-hybridized carbons (Fsp3) is 0.636. The van der Waals surface area contributed by atoms with Crippen LogP contribution in [0.25, 0.3) is 0 Å². The van der Waals surface area contributed by atoms with E-state index in [1.807, 2.05) is 0 Å². The van der Waals surface area contributed by atoms with E-state index in [1.165, 1.54) is 18.5 Å². The van der Waals surface area contributed by atoms with Crippen LogP contribution in [-0.2, 0) is 20.9 Å². The molecule has 158 valence electrons. The second-order valence-corrected chi connectivity index (χ2v) is 8.23. The van der Waals surface area contributed by atoms with E-state index in [4.69, 9.17) is 4.74 Å². The summed E-state index contributed by atoms with van der Waals surface area (Å²) in [5, 5.41) is 5.93. The average molecular weight is 401 g/mol. The molecule has 3 fully saturated rings. The average Bonchev–Trinajstić information content (AvgIpc) is 3.29. The molecular formula is C22H32N4O3. The molecule has 4 rings (SSSR count). The fourth-order valence-electron chi connectivity index (χ4n) is 4.71. The summed E-state index contributed by atoms with van der Waals surface area (Å²) in [4.78, 5) is 29.6. The Kier molecular flexibility index (Phi) is 6.67. The van der Waals surface area contributed by atoms with Crippen molar-refractivity contribution in [2.75, 3.05) is 44.3 Å². The molecule has 2 heterocycles. The molecule has 29 heavy (non-hydrogen) atoms. The topological polar surface area (TPSA) is 73.9 Å². The van der Waals surface area contributed by atoms with Gasteiger partial charge in [0.25, 0.3) is 0 Å². The lowest BCUT2D eigenvalue weighted by Crippen LogP contribution is -2.59. The molecule has 1 aromatic carbocycles. The zero-order valence-electron chi connectivity index (χ0n) is 17.1. The Labute approximate surface area is 172 Å². The van der Waals surface area contributed by atoms with Crippen molar-refractivity contribution in [2.45, 2.75) is 50.7 Å². The van der Waals surface area contributed by atoms with E-state index in [2.05, 4.69) is 44.7 Å². The second-order valence-electron chi connectivity index (χ2n) is 8.23. The number of rotatable bonds is 6. The van der Waals surface area contributed by atoms with Gasteiger partial charge in [0.15, 0.2) is 0 Å². The number of carbonyl (C=O) groups is 2. The van der Waals surface area contributed by atoms with Gasteiger partial charge in [0.2, 0.25) is 11.8 Å². The van der Waals surface area contributed by atoms with Crippen LogP contribution in [0, 0.1) is 0 Å². The van der Waals surface area contributed by atoms with Crippen molar-refractivity contribution in [3.8, 4) is 0 Å². The van der Waals surface area contributed by atoms with Gasteiger partial charge in [-0.2, -0.15) is 0 Å². The minimum Gasteiger partial charge on any atom is -0.378 e. The van der Waals surface area contributed by atoms with Gasteiger partial charge in [0, 0.05) is 44.5 Å². The van der Waals surface area contributed by atoms with Gasteiger partial charge in [-0.05, 0) is 30.5 Å². The molecule has 0 bridgehead atoms. The van der Waals surface area contributed by atoms with Crippen molar-refractivity contribution in [1.29, 1.82) is 0 Å². The summed E-state index contributed by atoms with van der Waals surface area (Å²) in [5.74, 6) is -0.0690. The third-order valence-corrected chi connectivity index (χ3v) is 6.35. The highest BCUT2D eigenvalue weighted by Crippen LogP contribution is 2.27. The number of ether oxygens (including phenoxy) is 1. The SMILES string of the molecule is O=C(CC1C(=O)NCCN1C1CCCC1)NCc1ccc(N2CCOCC2)cc1. The first-order valence-electron chi connectivity index (χ1n) is 10.9. The third-order valence-electron chi connectivity index (χ3n) is 6.35. The first-order chi connectivity index (χ1) is 14.2. The molecule has 2 aliphatic heterocycles. The normalized spacial score (nSPS) is 23.8. The quantitative estimate of drug-likeness (QED) is 0.752. The van der Waals surface area contributed by atoms with Gasteiger partial charge in [0.05, 0.1) is 25.7 Å². The Hall–Kier alpha value is -2.12. The number of hydrogen-bond donors (Lipinski definition) is 2. The largest absolute Gasteiger partial charge is 0.378 e. The summed E-state index contributed by atoms with van der Waals surface area (Å²) in [6.45, 7) is 5.38. The van der Waals surface area contributed by atoms with Gasteiger partial charge >= 0.3 is 0 Å². The van der Waals surface area contributed by atoms with Gasteiger partial charge in [-0.25, -0.2) is 0 Å². The number of nitrogens with zero attached hydrogens (tertiary/aromatic N) is 2. The number of amides is 2. The second kappa shape index (κ2) is 9.59. The van der Waals surface area contributed by atoms with Crippen molar-refractivity contribution in [3.63, 3.8) is 0 Å². The van der Waals surface area contributed by atoms with Crippen LogP contribution < -0.4 is 15.5 Å². The molecule has 2 saturated heterocycles. The van der Waals surface area contributed by atoms with Crippen LogP contribution >= 0.6 is 0 Å². The van der Waals surface area contributed by atoms with Crippen LogP contribution in [0.5, 0.6) is 0 Å². The van der Waals surface area contributed by atoms with Crippen LogP contribution in [0.15, 0.2) is 24.3 Å². The van der Waals surface area contributed by atoms with Crippen molar-refractivity contribution in [3.05, 3.63) is 29.8 Å². The van der Waals surface area contributed by atoms with E-state index >= 15 is 0 Å². The Balaban J connectivity index is 1.29. The third kappa shape index (κ3) is 5.08. The van der Waals surface area contributed by atoms with E-state index in [-0.39, 0.29) is 24.3 Å². The smallest absolute Gasteiger partial charge is 0.237 e. The van der Waals surface area contributed by atoms with Crippen molar-refractivity contribution < 1.29 is 14.3 Å². The molecular weight excluding hydrogens is 368 g/mol. The Morgan fingerprint density at radius 1 is 1.10 bits per heavy atom.